The average Bonchev–Trinajstić information content (AvgIpc) is 2.82. The highest BCUT2D eigenvalue weighted by Gasteiger charge is 2.37. The van der Waals surface area contributed by atoms with E-state index in [1.165, 1.54) is 0 Å². The van der Waals surface area contributed by atoms with Gasteiger partial charge >= 0.3 is 6.09 Å². The summed E-state index contributed by atoms with van der Waals surface area (Å²) in [5, 5.41) is 5.80. The lowest BCUT2D eigenvalue weighted by atomic mass is 9.94. The number of nitrogens with one attached hydrogen (secondary N) is 2. The van der Waals surface area contributed by atoms with Gasteiger partial charge in [0.25, 0.3) is 0 Å². The number of amides is 3. The minimum Gasteiger partial charge on any atom is -0.444 e. The highest BCUT2D eigenvalue weighted by Crippen LogP contribution is 2.26. The lowest BCUT2D eigenvalue weighted by Gasteiger charge is -2.35. The first-order chi connectivity index (χ1) is 17.4. The molecule has 0 aromatic heterocycles. The molecule has 7 nitrogen and oxygen atoms in total. The molecule has 3 atom stereocenters. The Morgan fingerprint density at radius 2 is 1.57 bits per heavy atom. The molecule has 0 spiro atoms. The lowest BCUT2D eigenvalue weighted by Crippen LogP contribution is -2.55. The number of hydrogen-bond donors (Lipinski definition) is 2. The van der Waals surface area contributed by atoms with Gasteiger partial charge < -0.3 is 20.3 Å². The van der Waals surface area contributed by atoms with Crippen LogP contribution in [-0.4, -0.2) is 41.0 Å². The SMILES string of the molecule is CCC(C)C(NC(=O)OC(C)(C)C)C(=O)N(CC)C(C(=O)NCc1ccccc1)c1cc(C)cc(C)c1. The molecule has 3 unspecified atom stereocenters. The van der Waals surface area contributed by atoms with Crippen molar-refractivity contribution in [2.75, 3.05) is 6.54 Å². The van der Waals surface area contributed by atoms with Crippen molar-refractivity contribution < 1.29 is 19.1 Å². The number of carbonyl (C=O) groups is 3. The lowest BCUT2D eigenvalue weighted by molar-refractivity contribution is -0.143. The molecule has 2 N–H and O–H groups in total. The van der Waals surface area contributed by atoms with Crippen LogP contribution in [0.2, 0.25) is 0 Å². The molecule has 0 saturated carbocycles. The molecular formula is C30H43N3O4. The molecule has 0 saturated heterocycles. The number of aryl methyl sites for hydroxylation is 2. The Morgan fingerprint density at radius 3 is 2.08 bits per heavy atom. The van der Waals surface area contributed by atoms with Crippen LogP contribution in [0.3, 0.4) is 0 Å². The predicted molar refractivity (Wildman–Crippen MR) is 147 cm³/mol. The number of hydrogen-bond acceptors (Lipinski definition) is 4. The second-order valence-electron chi connectivity index (χ2n) is 10.7. The smallest absolute Gasteiger partial charge is 0.408 e. The van der Waals surface area contributed by atoms with Crippen LogP contribution in [-0.2, 0) is 20.9 Å². The van der Waals surface area contributed by atoms with Crippen molar-refractivity contribution >= 4 is 17.9 Å². The summed E-state index contributed by atoms with van der Waals surface area (Å²) in [4.78, 5) is 41.9. The summed E-state index contributed by atoms with van der Waals surface area (Å²) in [6.07, 6.45) is 0.0109. The van der Waals surface area contributed by atoms with Crippen LogP contribution >= 0.6 is 0 Å². The Labute approximate surface area is 222 Å². The highest BCUT2D eigenvalue weighted by atomic mass is 16.6. The molecule has 0 bridgehead atoms. The summed E-state index contributed by atoms with van der Waals surface area (Å²) in [7, 11) is 0. The number of alkyl carbamates (subject to hydrolysis) is 1. The van der Waals surface area contributed by atoms with E-state index in [-0.39, 0.29) is 24.3 Å². The second-order valence-corrected chi connectivity index (χ2v) is 10.7. The summed E-state index contributed by atoms with van der Waals surface area (Å²) in [6, 6.07) is 13.9. The van der Waals surface area contributed by atoms with Crippen LogP contribution in [0.4, 0.5) is 4.79 Å². The third kappa shape index (κ3) is 8.92. The Kier molecular flexibility index (Phi) is 10.7. The van der Waals surface area contributed by atoms with E-state index in [9.17, 15) is 14.4 Å². The molecule has 37 heavy (non-hydrogen) atoms. The normalized spacial score (nSPS) is 13.7. The van der Waals surface area contributed by atoms with Crippen LogP contribution in [0.25, 0.3) is 0 Å². The molecule has 2 aromatic carbocycles. The zero-order valence-electron chi connectivity index (χ0n) is 23.6. The highest BCUT2D eigenvalue weighted by molar-refractivity contribution is 5.92. The van der Waals surface area contributed by atoms with Gasteiger partial charge in [-0.15, -0.1) is 0 Å². The van der Waals surface area contributed by atoms with E-state index in [1.54, 1.807) is 25.7 Å². The maximum atomic E-state index is 14.0. The van der Waals surface area contributed by atoms with Gasteiger partial charge in [0.05, 0.1) is 0 Å². The molecular weight excluding hydrogens is 466 g/mol. The second kappa shape index (κ2) is 13.3. The number of benzene rings is 2. The van der Waals surface area contributed by atoms with Gasteiger partial charge in [-0.2, -0.15) is 0 Å². The van der Waals surface area contributed by atoms with E-state index in [2.05, 4.69) is 10.6 Å². The molecule has 0 fully saturated rings. The average molecular weight is 510 g/mol. The Morgan fingerprint density at radius 1 is 0.973 bits per heavy atom. The van der Waals surface area contributed by atoms with Crippen LogP contribution in [0.1, 0.15) is 76.3 Å². The molecule has 3 amide bonds. The van der Waals surface area contributed by atoms with Crippen LogP contribution in [0, 0.1) is 19.8 Å². The summed E-state index contributed by atoms with van der Waals surface area (Å²) in [5.41, 5.74) is 3.01. The number of carbonyl (C=O) groups excluding carboxylic acids is 3. The van der Waals surface area contributed by atoms with Gasteiger partial charge in [0.1, 0.15) is 17.7 Å². The predicted octanol–water partition coefficient (Wildman–Crippen LogP) is 5.45. The molecule has 2 aromatic rings. The summed E-state index contributed by atoms with van der Waals surface area (Å²) in [6.45, 7) is 15.6. The zero-order chi connectivity index (χ0) is 27.8. The van der Waals surface area contributed by atoms with Crippen molar-refractivity contribution in [1.29, 1.82) is 0 Å². The van der Waals surface area contributed by atoms with Crippen LogP contribution in [0.5, 0.6) is 0 Å². The molecule has 0 radical (unpaired) electrons. The molecule has 2 rings (SSSR count). The maximum Gasteiger partial charge on any atom is 0.408 e. The van der Waals surface area contributed by atoms with E-state index < -0.39 is 23.8 Å². The monoisotopic (exact) mass is 509 g/mol. The fourth-order valence-electron chi connectivity index (χ4n) is 4.28. The molecule has 0 aliphatic carbocycles. The number of rotatable bonds is 10. The van der Waals surface area contributed by atoms with Gasteiger partial charge in [-0.1, -0.05) is 79.9 Å². The zero-order valence-corrected chi connectivity index (χ0v) is 23.6. The largest absolute Gasteiger partial charge is 0.444 e. The van der Waals surface area contributed by atoms with Crippen molar-refractivity contribution in [2.24, 2.45) is 5.92 Å². The number of ether oxygens (including phenoxy) is 1. The topological polar surface area (TPSA) is 87.7 Å². The summed E-state index contributed by atoms with van der Waals surface area (Å²) >= 11 is 0. The number of likely N-dealkylation sites (N-methyl/N-ethyl adjacent to an activating group) is 1. The van der Waals surface area contributed by atoms with E-state index in [4.69, 9.17) is 4.74 Å². The van der Waals surface area contributed by atoms with E-state index in [1.807, 2.05) is 83.1 Å². The first-order valence-electron chi connectivity index (χ1n) is 13.1. The van der Waals surface area contributed by atoms with Gasteiger partial charge in [0, 0.05) is 13.1 Å². The minimum absolute atomic E-state index is 0.165. The fourth-order valence-corrected chi connectivity index (χ4v) is 4.28. The van der Waals surface area contributed by atoms with Crippen molar-refractivity contribution in [2.45, 2.75) is 86.0 Å². The van der Waals surface area contributed by atoms with Crippen LogP contribution in [0.15, 0.2) is 48.5 Å². The van der Waals surface area contributed by atoms with E-state index >= 15 is 0 Å². The summed E-state index contributed by atoms with van der Waals surface area (Å²) in [5.74, 6) is -0.757. The van der Waals surface area contributed by atoms with Crippen molar-refractivity contribution in [3.8, 4) is 0 Å². The molecule has 0 heterocycles. The van der Waals surface area contributed by atoms with Gasteiger partial charge in [-0.25, -0.2) is 4.79 Å². The molecule has 7 heteroatoms. The molecule has 0 aliphatic rings. The third-order valence-corrected chi connectivity index (χ3v) is 6.20. The first-order valence-corrected chi connectivity index (χ1v) is 13.1. The third-order valence-electron chi connectivity index (χ3n) is 6.20. The number of nitrogens with zero attached hydrogens (tertiary/aromatic N) is 1. The Balaban J connectivity index is 2.44. The van der Waals surface area contributed by atoms with Gasteiger partial charge in [-0.05, 0) is 58.6 Å². The quantitative estimate of drug-likeness (QED) is 0.446. The maximum absolute atomic E-state index is 14.0. The van der Waals surface area contributed by atoms with Gasteiger partial charge in [-0.3, -0.25) is 9.59 Å². The minimum atomic E-state index is -0.855. The Hall–Kier alpha value is -3.35. The molecule has 0 aliphatic heterocycles. The van der Waals surface area contributed by atoms with Crippen molar-refractivity contribution in [3.63, 3.8) is 0 Å². The van der Waals surface area contributed by atoms with E-state index in [0.29, 0.717) is 13.0 Å². The van der Waals surface area contributed by atoms with Crippen molar-refractivity contribution in [3.05, 3.63) is 70.8 Å². The summed E-state index contributed by atoms with van der Waals surface area (Å²) < 4.78 is 5.44. The molecule has 202 valence electrons. The van der Waals surface area contributed by atoms with Gasteiger partial charge in [0.2, 0.25) is 11.8 Å². The van der Waals surface area contributed by atoms with Crippen LogP contribution < -0.4 is 10.6 Å². The first kappa shape index (κ1) is 29.9. The Bertz CT molecular complexity index is 1040. The standard InChI is InChI=1S/C30H43N3O4/c1-9-22(5)25(32-29(36)37-30(6,7)8)28(35)33(10-2)26(24-17-20(3)16-21(4)18-24)27(34)31-19-23-14-12-11-13-15-23/h11-18,22,25-26H,9-10,19H2,1-8H3,(H,31,34)(H,32,36). The van der Waals surface area contributed by atoms with Gasteiger partial charge in [0.15, 0.2) is 0 Å². The van der Waals surface area contributed by atoms with E-state index in [0.717, 1.165) is 22.3 Å². The van der Waals surface area contributed by atoms with Crippen molar-refractivity contribution in [1.82, 2.24) is 15.5 Å². The fraction of sp³-hybridized carbons (Fsp3) is 0.500.